The topological polar surface area (TPSA) is 48.5 Å². The Balaban J connectivity index is 1.20. The van der Waals surface area contributed by atoms with Crippen molar-refractivity contribution in [2.24, 2.45) is 0 Å². The summed E-state index contributed by atoms with van der Waals surface area (Å²) in [4.78, 5) is 15.7. The highest BCUT2D eigenvalue weighted by atomic mass is 15.1. The van der Waals surface area contributed by atoms with Crippen LogP contribution in [-0.4, -0.2) is 24.1 Å². The van der Waals surface area contributed by atoms with E-state index in [0.29, 0.717) is 28.5 Å². The molecule has 0 saturated carbocycles. The molecule has 0 aliphatic rings. The van der Waals surface area contributed by atoms with Gasteiger partial charge in [0.25, 0.3) is 0 Å². The van der Waals surface area contributed by atoms with Crippen molar-refractivity contribution < 1.29 is 11.0 Å². The van der Waals surface area contributed by atoms with Crippen LogP contribution in [-0.2, 0) is 0 Å². The molecule has 0 saturated heterocycles. The van der Waals surface area contributed by atoms with Crippen LogP contribution in [0.3, 0.4) is 0 Å². The Hall–Kier alpha value is -8.41. The third-order valence-electron chi connectivity index (χ3n) is 12.0. The fraction of sp³-hybridized carbons (Fsp3) is 0. The van der Waals surface area contributed by atoms with Crippen LogP contribution >= 0.6 is 0 Å². The second-order valence-corrected chi connectivity index (χ2v) is 15.4. The molecular weight excluding hydrogens is 755 g/mol. The zero-order chi connectivity index (χ0) is 47.7. The Morgan fingerprint density at radius 3 is 1.48 bits per heavy atom. The van der Waals surface area contributed by atoms with Crippen LogP contribution in [0.1, 0.15) is 11.0 Å². The zero-order valence-electron chi connectivity index (χ0n) is 40.8. The van der Waals surface area contributed by atoms with Crippen molar-refractivity contribution in [3.05, 3.63) is 212 Å². The molecule has 0 bridgehead atoms. The van der Waals surface area contributed by atoms with E-state index in [4.69, 9.17) is 20.4 Å². The molecule has 288 valence electrons. The predicted molar refractivity (Wildman–Crippen MR) is 257 cm³/mol. The van der Waals surface area contributed by atoms with Crippen LogP contribution in [0.2, 0.25) is 0 Å². The molecule has 0 spiro atoms. The maximum atomic E-state index is 9.48. The minimum atomic E-state index is -0.516. The molecule has 62 heavy (non-hydrogen) atoms. The lowest BCUT2D eigenvalue weighted by atomic mass is 9.92. The second-order valence-electron chi connectivity index (χ2n) is 15.4. The van der Waals surface area contributed by atoms with Crippen LogP contribution in [0, 0.1) is 0 Å². The van der Waals surface area contributed by atoms with Crippen molar-refractivity contribution >= 4 is 75.9 Å². The minimum absolute atomic E-state index is 0.00421. The molecule has 0 amide bonds. The summed E-state index contributed by atoms with van der Waals surface area (Å²) in [5, 5.41) is 7.64. The number of nitrogens with zero attached hydrogens (tertiary/aromatic N) is 5. The van der Waals surface area contributed by atoms with E-state index >= 15 is 0 Å². The molecule has 0 radical (unpaired) electrons. The number of aromatic nitrogens is 5. The molecule has 13 rings (SSSR count). The smallest absolute Gasteiger partial charge is 0.166 e. The first-order valence-electron chi connectivity index (χ1n) is 24.4. The predicted octanol–water partition coefficient (Wildman–Crippen LogP) is 14.5. The summed E-state index contributed by atoms with van der Waals surface area (Å²) in [6, 6.07) is 50.8. The first kappa shape index (κ1) is 27.4. The summed E-state index contributed by atoms with van der Waals surface area (Å²) in [5.74, 6) is 0.985. The molecule has 0 aliphatic heterocycles. The first-order chi connectivity index (χ1) is 34.1. The van der Waals surface area contributed by atoms with Gasteiger partial charge >= 0.3 is 0 Å². The fourth-order valence-corrected chi connectivity index (χ4v) is 9.27. The largest absolute Gasteiger partial charge is 0.309 e. The van der Waals surface area contributed by atoms with E-state index in [1.165, 1.54) is 0 Å². The monoisotopic (exact) mass is 797 g/mol. The van der Waals surface area contributed by atoms with Gasteiger partial charge in [-0.05, 0) is 80.8 Å². The van der Waals surface area contributed by atoms with Gasteiger partial charge in [0.2, 0.25) is 0 Å². The first-order valence-corrected chi connectivity index (χ1v) is 20.4. The highest BCUT2D eigenvalue weighted by molar-refractivity contribution is 6.26. The normalized spacial score (nSPS) is 13.7. The van der Waals surface area contributed by atoms with Crippen LogP contribution in [0.25, 0.3) is 121 Å². The van der Waals surface area contributed by atoms with E-state index in [2.05, 4.69) is 59.2 Å². The molecule has 10 aromatic carbocycles. The summed E-state index contributed by atoms with van der Waals surface area (Å²) in [5.41, 5.74) is 5.21. The molecule has 3 heterocycles. The maximum Gasteiger partial charge on any atom is 0.166 e. The van der Waals surface area contributed by atoms with Crippen molar-refractivity contribution in [3.63, 3.8) is 0 Å². The van der Waals surface area contributed by atoms with Crippen LogP contribution in [0.5, 0.6) is 0 Å². The summed E-state index contributed by atoms with van der Waals surface area (Å²) in [7, 11) is 0. The lowest BCUT2D eigenvalue weighted by Gasteiger charge is -2.18. The second kappa shape index (κ2) is 13.6. The van der Waals surface area contributed by atoms with E-state index < -0.39 is 48.3 Å². The number of hydrogen-bond acceptors (Lipinski definition) is 3. The van der Waals surface area contributed by atoms with Crippen molar-refractivity contribution in [1.29, 1.82) is 0 Å². The molecule has 3 aromatic heterocycles. The Morgan fingerprint density at radius 1 is 0.323 bits per heavy atom. The Morgan fingerprint density at radius 2 is 0.823 bits per heavy atom. The van der Waals surface area contributed by atoms with E-state index in [9.17, 15) is 5.48 Å². The molecule has 0 N–H and O–H groups in total. The van der Waals surface area contributed by atoms with E-state index in [0.717, 1.165) is 65.4 Å². The highest BCUT2D eigenvalue weighted by Crippen LogP contribution is 2.43. The molecular formula is C57H35N5. The molecule has 5 heteroatoms. The van der Waals surface area contributed by atoms with Gasteiger partial charge < -0.3 is 9.13 Å². The summed E-state index contributed by atoms with van der Waals surface area (Å²) in [6.45, 7) is 0. The van der Waals surface area contributed by atoms with E-state index in [1.54, 1.807) is 4.57 Å². The Labute approximate surface area is 367 Å². The van der Waals surface area contributed by atoms with Crippen LogP contribution in [0.4, 0.5) is 0 Å². The van der Waals surface area contributed by atoms with Gasteiger partial charge in [0.15, 0.2) is 17.5 Å². The Kier molecular flexibility index (Phi) is 5.99. The lowest BCUT2D eigenvalue weighted by molar-refractivity contribution is 1.07. The van der Waals surface area contributed by atoms with E-state index in [-0.39, 0.29) is 27.6 Å². The maximum absolute atomic E-state index is 9.48. The van der Waals surface area contributed by atoms with Gasteiger partial charge in [-0.2, -0.15) is 0 Å². The summed E-state index contributed by atoms with van der Waals surface area (Å²) < 4.78 is 76.6. The standard InChI is InChI=1S/C57H35N5/c1-3-17-36(18-4-1)55-58-56(37-31-32-46-45-27-11-14-28-50(45)61(53(46)33-37)38-19-5-2-6-20-38)60-57(59-55)49-34-47-41-23-9-7-21-39(41)40-22-8-10-24-42(40)48(47)35-54(49)62-51-29-15-12-25-43(51)44-26-13-16-30-52(44)62/h1-35H/i12D,13D,15D,16D,25D,26D,29D,30D. The third-order valence-corrected chi connectivity index (χ3v) is 12.0. The highest BCUT2D eigenvalue weighted by Gasteiger charge is 2.23. The molecule has 0 aliphatic carbocycles. The van der Waals surface area contributed by atoms with Crippen LogP contribution < -0.4 is 0 Å². The van der Waals surface area contributed by atoms with Gasteiger partial charge in [0.05, 0.1) is 38.7 Å². The molecule has 0 atom stereocenters. The van der Waals surface area contributed by atoms with Gasteiger partial charge in [-0.1, -0.05) is 164 Å². The summed E-state index contributed by atoms with van der Waals surface area (Å²) in [6.07, 6.45) is 0. The van der Waals surface area contributed by atoms with Crippen molar-refractivity contribution in [2.45, 2.75) is 0 Å². The Bertz CT molecular complexity index is 4320. The van der Waals surface area contributed by atoms with Crippen molar-refractivity contribution in [2.75, 3.05) is 0 Å². The molecule has 0 unspecified atom stereocenters. The van der Waals surface area contributed by atoms with Crippen LogP contribution in [0.15, 0.2) is 212 Å². The average Bonchev–Trinajstić information content (AvgIpc) is 3.95. The fourth-order valence-electron chi connectivity index (χ4n) is 9.27. The van der Waals surface area contributed by atoms with Gasteiger partial charge in [-0.25, -0.2) is 15.0 Å². The third kappa shape index (κ3) is 5.18. The van der Waals surface area contributed by atoms with Crippen molar-refractivity contribution in [3.8, 4) is 45.5 Å². The number of benzene rings is 10. The number of fused-ring (bicyclic) bond motifs is 12. The number of para-hydroxylation sites is 4. The minimum Gasteiger partial charge on any atom is -0.309 e. The van der Waals surface area contributed by atoms with Gasteiger partial charge in [0, 0.05) is 43.9 Å². The summed E-state index contributed by atoms with van der Waals surface area (Å²) >= 11 is 0. The van der Waals surface area contributed by atoms with E-state index in [1.807, 2.05) is 109 Å². The van der Waals surface area contributed by atoms with Gasteiger partial charge in [-0.15, -0.1) is 0 Å². The van der Waals surface area contributed by atoms with Crippen molar-refractivity contribution in [1.82, 2.24) is 24.1 Å². The molecule has 5 nitrogen and oxygen atoms in total. The zero-order valence-corrected chi connectivity index (χ0v) is 32.8. The lowest BCUT2D eigenvalue weighted by Crippen LogP contribution is -2.04. The van der Waals surface area contributed by atoms with Gasteiger partial charge in [-0.3, -0.25) is 0 Å². The number of rotatable bonds is 5. The SMILES string of the molecule is [2H]c1c([2H])c([2H])c2c(c1[2H])c1c([2H])c([2H])c([2H])c([2H])c1n2-c1cc2c3ccccc3c3ccccc3c2cc1-c1nc(-c2ccccc2)nc(-c2ccc3c4ccccc4n(-c4ccccc4)c3c2)n1. The van der Waals surface area contributed by atoms with Gasteiger partial charge in [0.1, 0.15) is 0 Å². The number of hydrogen-bond donors (Lipinski definition) is 0. The molecule has 13 aromatic rings. The molecule has 0 fully saturated rings. The average molecular weight is 798 g/mol. The quantitative estimate of drug-likeness (QED) is 0.163.